The first-order valence-electron chi connectivity index (χ1n) is 8.03. The lowest BCUT2D eigenvalue weighted by Gasteiger charge is -2.31. The number of β-amino-alcohol motifs (C(OH)–C–C–N with tert-alkyl or cyclic N) is 1. The van der Waals surface area contributed by atoms with Crippen LogP contribution in [0.25, 0.3) is 0 Å². The molecule has 1 aromatic rings. The van der Waals surface area contributed by atoms with Gasteiger partial charge in [-0.05, 0) is 44.1 Å². The van der Waals surface area contributed by atoms with Crippen LogP contribution < -0.4 is 5.73 Å². The predicted molar refractivity (Wildman–Crippen MR) is 87.1 cm³/mol. The third-order valence-corrected chi connectivity index (χ3v) is 4.50. The lowest BCUT2D eigenvalue weighted by atomic mass is 10.1. The first kappa shape index (κ1) is 16.4. The molecule has 4 nitrogen and oxygen atoms in total. The molecule has 2 rings (SSSR count). The van der Waals surface area contributed by atoms with Crippen LogP contribution in [0.5, 0.6) is 0 Å². The van der Waals surface area contributed by atoms with Crippen LogP contribution in [-0.2, 0) is 6.54 Å². The summed E-state index contributed by atoms with van der Waals surface area (Å²) in [6.07, 6.45) is 1.88. The van der Waals surface area contributed by atoms with E-state index in [0.717, 1.165) is 37.2 Å². The fraction of sp³-hybridized carbons (Fsp3) is 0.647. The number of benzene rings is 1. The minimum atomic E-state index is -0.422. The number of hydrogen-bond donors (Lipinski definition) is 2. The normalized spacial score (nSPS) is 23.0. The molecule has 1 saturated heterocycles. The number of likely N-dealkylation sites (N-methyl/N-ethyl adjacent to an activating group) is 1. The second-order valence-corrected chi connectivity index (χ2v) is 6.13. The summed E-state index contributed by atoms with van der Waals surface area (Å²) in [7, 11) is 2.19. The zero-order valence-corrected chi connectivity index (χ0v) is 13.3. The standard InChI is InChI=1S/C17H29N3O/c1-3-16-12-19(2)9-4-10-20(16)13-17(21)15-7-5-14(11-18)6-8-15/h5-8,16-17,21H,3-4,9-13,18H2,1-2H3. The van der Waals surface area contributed by atoms with Gasteiger partial charge in [0.1, 0.15) is 0 Å². The highest BCUT2D eigenvalue weighted by Crippen LogP contribution is 2.19. The Kier molecular flexibility index (Phi) is 6.18. The topological polar surface area (TPSA) is 52.7 Å². The molecule has 2 atom stereocenters. The van der Waals surface area contributed by atoms with Crippen LogP contribution >= 0.6 is 0 Å². The van der Waals surface area contributed by atoms with Crippen molar-refractivity contribution >= 4 is 0 Å². The highest BCUT2D eigenvalue weighted by Gasteiger charge is 2.24. The van der Waals surface area contributed by atoms with E-state index in [9.17, 15) is 5.11 Å². The maximum absolute atomic E-state index is 10.5. The summed E-state index contributed by atoms with van der Waals surface area (Å²) >= 11 is 0. The average Bonchev–Trinajstić information content (AvgIpc) is 2.68. The van der Waals surface area contributed by atoms with Crippen molar-refractivity contribution in [3.05, 3.63) is 35.4 Å². The van der Waals surface area contributed by atoms with E-state index in [1.54, 1.807) is 0 Å². The van der Waals surface area contributed by atoms with Crippen LogP contribution in [0.4, 0.5) is 0 Å². The molecule has 3 N–H and O–H groups in total. The number of rotatable bonds is 5. The highest BCUT2D eigenvalue weighted by molar-refractivity contribution is 5.24. The van der Waals surface area contributed by atoms with Crippen molar-refractivity contribution in [2.75, 3.05) is 33.2 Å². The summed E-state index contributed by atoms with van der Waals surface area (Å²) in [6.45, 7) is 6.81. The Balaban J connectivity index is 2.00. The number of nitrogens with two attached hydrogens (primary N) is 1. The highest BCUT2D eigenvalue weighted by atomic mass is 16.3. The van der Waals surface area contributed by atoms with E-state index >= 15 is 0 Å². The van der Waals surface area contributed by atoms with Crippen molar-refractivity contribution in [1.82, 2.24) is 9.80 Å². The Morgan fingerprint density at radius 2 is 2.00 bits per heavy atom. The third-order valence-electron chi connectivity index (χ3n) is 4.50. The lowest BCUT2D eigenvalue weighted by Crippen LogP contribution is -2.41. The minimum absolute atomic E-state index is 0.422. The van der Waals surface area contributed by atoms with Crippen molar-refractivity contribution in [2.24, 2.45) is 5.73 Å². The Bertz CT molecular complexity index is 421. The molecule has 1 fully saturated rings. The van der Waals surface area contributed by atoms with E-state index in [-0.39, 0.29) is 0 Å². The molecule has 0 spiro atoms. The van der Waals surface area contributed by atoms with Gasteiger partial charge in [0.2, 0.25) is 0 Å². The van der Waals surface area contributed by atoms with E-state index in [0.29, 0.717) is 19.1 Å². The molecule has 2 unspecified atom stereocenters. The fourth-order valence-corrected chi connectivity index (χ4v) is 3.12. The summed E-state index contributed by atoms with van der Waals surface area (Å²) < 4.78 is 0. The van der Waals surface area contributed by atoms with Crippen LogP contribution in [0.2, 0.25) is 0 Å². The van der Waals surface area contributed by atoms with Gasteiger partial charge in [-0.3, -0.25) is 4.90 Å². The SMILES string of the molecule is CCC1CN(C)CCCN1CC(O)c1ccc(CN)cc1. The van der Waals surface area contributed by atoms with Gasteiger partial charge in [-0.2, -0.15) is 0 Å². The number of aliphatic hydroxyl groups excluding tert-OH is 1. The molecule has 1 heterocycles. The van der Waals surface area contributed by atoms with E-state index in [1.165, 1.54) is 6.42 Å². The summed E-state index contributed by atoms with van der Waals surface area (Å²) in [5, 5.41) is 10.5. The van der Waals surface area contributed by atoms with Crippen LogP contribution in [0, 0.1) is 0 Å². The molecule has 0 aliphatic carbocycles. The van der Waals surface area contributed by atoms with Gasteiger partial charge in [-0.25, -0.2) is 0 Å². The first-order valence-corrected chi connectivity index (χ1v) is 8.03. The van der Waals surface area contributed by atoms with Crippen molar-refractivity contribution < 1.29 is 5.11 Å². The fourth-order valence-electron chi connectivity index (χ4n) is 3.12. The zero-order chi connectivity index (χ0) is 15.2. The third kappa shape index (κ3) is 4.51. The van der Waals surface area contributed by atoms with Gasteiger partial charge < -0.3 is 15.7 Å². The van der Waals surface area contributed by atoms with Crippen molar-refractivity contribution in [2.45, 2.75) is 38.5 Å². The molecule has 1 aliphatic rings. The quantitative estimate of drug-likeness (QED) is 0.865. The average molecular weight is 291 g/mol. The summed E-state index contributed by atoms with van der Waals surface area (Å²) in [5.41, 5.74) is 7.71. The van der Waals surface area contributed by atoms with Gasteiger partial charge in [0.15, 0.2) is 0 Å². The second kappa shape index (κ2) is 7.90. The summed E-state index contributed by atoms with van der Waals surface area (Å²) in [5.74, 6) is 0. The summed E-state index contributed by atoms with van der Waals surface area (Å²) in [4.78, 5) is 4.85. The largest absolute Gasteiger partial charge is 0.387 e. The van der Waals surface area contributed by atoms with Crippen LogP contribution in [0.3, 0.4) is 0 Å². The monoisotopic (exact) mass is 291 g/mol. The minimum Gasteiger partial charge on any atom is -0.387 e. The zero-order valence-electron chi connectivity index (χ0n) is 13.3. The molecule has 0 aromatic heterocycles. The Morgan fingerprint density at radius 3 is 2.62 bits per heavy atom. The Hall–Kier alpha value is -0.940. The molecular formula is C17H29N3O. The van der Waals surface area contributed by atoms with Gasteiger partial charge in [0, 0.05) is 25.7 Å². The van der Waals surface area contributed by atoms with Crippen LogP contribution in [0.1, 0.15) is 37.0 Å². The Labute approximate surface area is 128 Å². The van der Waals surface area contributed by atoms with Gasteiger partial charge in [-0.1, -0.05) is 31.2 Å². The molecule has 4 heteroatoms. The number of aliphatic hydroxyl groups is 1. The van der Waals surface area contributed by atoms with E-state index in [1.807, 2.05) is 24.3 Å². The van der Waals surface area contributed by atoms with E-state index in [4.69, 9.17) is 5.73 Å². The molecule has 0 radical (unpaired) electrons. The van der Waals surface area contributed by atoms with Crippen molar-refractivity contribution in [3.63, 3.8) is 0 Å². The lowest BCUT2D eigenvalue weighted by molar-refractivity contribution is 0.0853. The van der Waals surface area contributed by atoms with Gasteiger partial charge in [0.05, 0.1) is 6.10 Å². The molecule has 1 aliphatic heterocycles. The summed E-state index contributed by atoms with van der Waals surface area (Å²) in [6, 6.07) is 8.55. The molecule has 118 valence electrons. The molecular weight excluding hydrogens is 262 g/mol. The van der Waals surface area contributed by atoms with Crippen LogP contribution in [-0.4, -0.2) is 54.2 Å². The van der Waals surface area contributed by atoms with Crippen molar-refractivity contribution in [3.8, 4) is 0 Å². The molecule has 0 amide bonds. The molecule has 0 bridgehead atoms. The molecule has 21 heavy (non-hydrogen) atoms. The number of nitrogens with zero attached hydrogens (tertiary/aromatic N) is 2. The maximum atomic E-state index is 10.5. The number of hydrogen-bond acceptors (Lipinski definition) is 4. The second-order valence-electron chi connectivity index (χ2n) is 6.13. The first-order chi connectivity index (χ1) is 10.1. The van der Waals surface area contributed by atoms with Gasteiger partial charge in [0.25, 0.3) is 0 Å². The molecule has 1 aromatic carbocycles. The van der Waals surface area contributed by atoms with Gasteiger partial charge in [-0.15, -0.1) is 0 Å². The smallest absolute Gasteiger partial charge is 0.0917 e. The maximum Gasteiger partial charge on any atom is 0.0917 e. The van der Waals surface area contributed by atoms with E-state index < -0.39 is 6.10 Å². The van der Waals surface area contributed by atoms with Crippen LogP contribution in [0.15, 0.2) is 24.3 Å². The van der Waals surface area contributed by atoms with Crippen molar-refractivity contribution in [1.29, 1.82) is 0 Å². The van der Waals surface area contributed by atoms with E-state index in [2.05, 4.69) is 23.8 Å². The van der Waals surface area contributed by atoms with Gasteiger partial charge >= 0.3 is 0 Å². The molecule has 0 saturated carbocycles. The Morgan fingerprint density at radius 1 is 1.29 bits per heavy atom. The predicted octanol–water partition coefficient (Wildman–Crippen LogP) is 1.59.